The molecule has 366 valence electrons. The van der Waals surface area contributed by atoms with Crippen molar-refractivity contribution in [3.05, 3.63) is 275 Å². The van der Waals surface area contributed by atoms with Gasteiger partial charge in [0.2, 0.25) is 0 Å². The Kier molecular flexibility index (Phi) is 12.6. The van der Waals surface area contributed by atoms with Gasteiger partial charge in [0.05, 0.1) is 0 Å². The molecule has 0 amide bonds. The van der Waals surface area contributed by atoms with Crippen molar-refractivity contribution in [3.63, 3.8) is 0 Å². The third-order valence-corrected chi connectivity index (χ3v) is 14.8. The normalized spacial score (nSPS) is 12.6. The minimum atomic E-state index is -0.562. The molecule has 0 unspecified atom stereocenters. The van der Waals surface area contributed by atoms with Crippen LogP contribution in [0.15, 0.2) is 241 Å². The van der Waals surface area contributed by atoms with Crippen molar-refractivity contribution in [2.24, 2.45) is 9.98 Å². The lowest BCUT2D eigenvalue weighted by Crippen LogP contribution is -2.11. The second kappa shape index (κ2) is 20.1. The van der Waals surface area contributed by atoms with Gasteiger partial charge in [-0.15, -0.1) is 0 Å². The Hall–Kier alpha value is -9.38. The molecule has 12 rings (SSSR count). The zero-order chi connectivity index (χ0) is 51.9. The molecule has 0 heterocycles. The summed E-state index contributed by atoms with van der Waals surface area (Å²) in [4.78, 5) is 11.2. The lowest BCUT2D eigenvalue weighted by molar-refractivity contribution is 0.476. The van der Waals surface area contributed by atoms with Gasteiger partial charge in [-0.2, -0.15) is 0 Å². The minimum absolute atomic E-state index is 0.151. The zero-order valence-electron chi connectivity index (χ0n) is 43.0. The SMILES string of the molecule is Cc1cc(C)cc([C@@H](N=Cc2cc3ccccc3c(-c3c(-c4ccccc4)ccc4ccccc34)c2O)[C@H](N=Cc2cc3ccccc3c(-c3c(-c4ccccc4)ccc4ccccc34)c2O)c2cc(C)cc(C)c2)c1. The van der Waals surface area contributed by atoms with Crippen LogP contribution in [0.3, 0.4) is 0 Å². The number of aliphatic imine (C=N–C) groups is 2. The summed E-state index contributed by atoms with van der Waals surface area (Å²) >= 11 is 0. The van der Waals surface area contributed by atoms with Gasteiger partial charge in [0.15, 0.2) is 0 Å². The summed E-state index contributed by atoms with van der Waals surface area (Å²) in [7, 11) is 0. The van der Waals surface area contributed by atoms with E-state index < -0.39 is 12.1 Å². The molecule has 4 nitrogen and oxygen atoms in total. The number of phenolic OH excluding ortho intramolecular Hbond substituents is 2. The Morgan fingerprint density at radius 3 is 1.00 bits per heavy atom. The molecule has 0 spiro atoms. The molecular formula is C72H56N2O2. The van der Waals surface area contributed by atoms with Crippen LogP contribution in [0.2, 0.25) is 0 Å². The van der Waals surface area contributed by atoms with Crippen molar-refractivity contribution in [3.8, 4) is 56.0 Å². The maximum absolute atomic E-state index is 13.0. The zero-order valence-corrected chi connectivity index (χ0v) is 43.0. The second-order valence-electron chi connectivity index (χ2n) is 20.3. The minimum Gasteiger partial charge on any atom is -0.507 e. The van der Waals surface area contributed by atoms with Gasteiger partial charge in [0, 0.05) is 45.8 Å². The molecule has 0 aromatic heterocycles. The largest absolute Gasteiger partial charge is 0.507 e. The number of nitrogens with zero attached hydrogens (tertiary/aromatic N) is 2. The van der Waals surface area contributed by atoms with Crippen LogP contribution < -0.4 is 0 Å². The standard InChI is InChI=1S/C72H56N2O2/c1-45-35-46(2)38-55(37-45)69(73-43-57-41-53-25-13-17-29-61(53)67(71(57)75)65-59-27-15-11-23-51(59)31-33-63(65)49-19-7-5-8-20-49)70(56-39-47(3)36-48(4)40-56)74-44-58-42-54-26-14-18-30-62(54)68(72(58)76)66-60-28-16-12-24-52(60)32-34-64(66)50-21-9-6-10-22-50/h5-44,69-70,75-76H,1-4H3/t69-,70-/m1/s1. The van der Waals surface area contributed by atoms with E-state index in [-0.39, 0.29) is 11.5 Å². The molecule has 12 aromatic carbocycles. The summed E-state index contributed by atoms with van der Waals surface area (Å²) in [5.74, 6) is 0.303. The van der Waals surface area contributed by atoms with Gasteiger partial charge in [-0.3, -0.25) is 9.98 Å². The Balaban J connectivity index is 1.07. The molecule has 0 saturated carbocycles. The summed E-state index contributed by atoms with van der Waals surface area (Å²) in [5.41, 5.74) is 15.2. The average Bonchev–Trinajstić information content (AvgIpc) is 3.55. The number of aryl methyl sites for hydroxylation is 4. The first kappa shape index (κ1) is 47.6. The average molecular weight is 981 g/mol. The van der Waals surface area contributed by atoms with Gasteiger partial charge in [-0.1, -0.05) is 241 Å². The summed E-state index contributed by atoms with van der Waals surface area (Å²) < 4.78 is 0. The first-order valence-corrected chi connectivity index (χ1v) is 26.0. The summed E-state index contributed by atoms with van der Waals surface area (Å²) in [6.45, 7) is 8.48. The van der Waals surface area contributed by atoms with E-state index >= 15 is 0 Å². The van der Waals surface area contributed by atoms with E-state index in [1.807, 2.05) is 61.0 Å². The number of aromatic hydroxyl groups is 2. The van der Waals surface area contributed by atoms with Crippen molar-refractivity contribution in [1.82, 2.24) is 0 Å². The van der Waals surface area contributed by atoms with E-state index in [0.29, 0.717) is 11.1 Å². The van der Waals surface area contributed by atoms with E-state index in [1.165, 1.54) is 0 Å². The number of hydrogen-bond donors (Lipinski definition) is 2. The number of benzene rings is 12. The highest BCUT2D eigenvalue weighted by Gasteiger charge is 2.27. The van der Waals surface area contributed by atoms with E-state index in [4.69, 9.17) is 9.98 Å². The molecule has 76 heavy (non-hydrogen) atoms. The van der Waals surface area contributed by atoms with Crippen LogP contribution in [0.25, 0.3) is 87.6 Å². The highest BCUT2D eigenvalue weighted by atomic mass is 16.3. The Labute approximate surface area is 444 Å². The predicted octanol–water partition coefficient (Wildman–Crippen LogP) is 18.6. The number of hydrogen-bond acceptors (Lipinski definition) is 4. The lowest BCUT2D eigenvalue weighted by Gasteiger charge is -2.24. The van der Waals surface area contributed by atoms with Gasteiger partial charge in [0.25, 0.3) is 0 Å². The topological polar surface area (TPSA) is 65.2 Å². The van der Waals surface area contributed by atoms with Crippen LogP contribution in [-0.4, -0.2) is 22.6 Å². The fourth-order valence-electron chi connectivity index (χ4n) is 11.6. The maximum atomic E-state index is 13.0. The van der Waals surface area contributed by atoms with E-state index in [9.17, 15) is 10.2 Å². The van der Waals surface area contributed by atoms with Gasteiger partial charge in [0.1, 0.15) is 23.6 Å². The molecule has 0 aliphatic carbocycles. The van der Waals surface area contributed by atoms with Gasteiger partial charge in [-0.05, 0) is 116 Å². The van der Waals surface area contributed by atoms with Gasteiger partial charge >= 0.3 is 0 Å². The van der Waals surface area contributed by atoms with Crippen molar-refractivity contribution in [2.75, 3.05) is 0 Å². The fourth-order valence-corrected chi connectivity index (χ4v) is 11.6. The molecule has 0 fully saturated rings. The highest BCUT2D eigenvalue weighted by molar-refractivity contribution is 6.16. The van der Waals surface area contributed by atoms with Gasteiger partial charge in [-0.25, -0.2) is 0 Å². The van der Waals surface area contributed by atoms with Crippen molar-refractivity contribution in [1.29, 1.82) is 0 Å². The summed E-state index contributed by atoms with van der Waals surface area (Å²) in [5, 5.41) is 34.1. The molecule has 2 atom stereocenters. The Morgan fingerprint density at radius 2 is 0.632 bits per heavy atom. The Bertz CT molecular complexity index is 3930. The molecule has 0 saturated heterocycles. The number of rotatable bonds is 11. The third kappa shape index (κ3) is 8.98. The van der Waals surface area contributed by atoms with Crippen LogP contribution in [0, 0.1) is 27.7 Å². The summed E-state index contributed by atoms with van der Waals surface area (Å²) in [6.07, 6.45) is 3.70. The van der Waals surface area contributed by atoms with E-state index in [0.717, 1.165) is 121 Å². The van der Waals surface area contributed by atoms with Crippen LogP contribution >= 0.6 is 0 Å². The molecule has 4 heteroatoms. The quantitative estimate of drug-likeness (QED) is 0.127. The van der Waals surface area contributed by atoms with Crippen molar-refractivity contribution in [2.45, 2.75) is 39.8 Å². The van der Waals surface area contributed by atoms with Crippen molar-refractivity contribution >= 4 is 55.5 Å². The molecule has 2 N–H and O–H groups in total. The number of fused-ring (bicyclic) bond motifs is 4. The highest BCUT2D eigenvalue weighted by Crippen LogP contribution is 2.49. The summed E-state index contributed by atoms with van der Waals surface area (Å²) in [6, 6.07) is 79.0. The fraction of sp³-hybridized carbons (Fsp3) is 0.0833. The maximum Gasteiger partial charge on any atom is 0.132 e. The monoisotopic (exact) mass is 980 g/mol. The first-order valence-electron chi connectivity index (χ1n) is 26.0. The van der Waals surface area contributed by atoms with Crippen LogP contribution in [-0.2, 0) is 0 Å². The second-order valence-corrected chi connectivity index (χ2v) is 20.3. The lowest BCUT2D eigenvalue weighted by atomic mass is 9.86. The Morgan fingerprint density at radius 1 is 0.316 bits per heavy atom. The predicted molar refractivity (Wildman–Crippen MR) is 320 cm³/mol. The molecule has 0 radical (unpaired) electrons. The van der Waals surface area contributed by atoms with Crippen LogP contribution in [0.5, 0.6) is 11.5 Å². The van der Waals surface area contributed by atoms with E-state index in [2.05, 4.69) is 210 Å². The van der Waals surface area contributed by atoms with Crippen LogP contribution in [0.1, 0.15) is 56.6 Å². The first-order chi connectivity index (χ1) is 37.2. The van der Waals surface area contributed by atoms with Crippen LogP contribution in [0.4, 0.5) is 0 Å². The molecule has 0 aliphatic heterocycles. The molecule has 12 aromatic rings. The van der Waals surface area contributed by atoms with E-state index in [1.54, 1.807) is 0 Å². The van der Waals surface area contributed by atoms with Gasteiger partial charge < -0.3 is 10.2 Å². The smallest absolute Gasteiger partial charge is 0.132 e. The molecule has 0 aliphatic rings. The van der Waals surface area contributed by atoms with Crippen molar-refractivity contribution < 1.29 is 10.2 Å². The number of phenols is 2. The molecule has 0 bridgehead atoms. The molecular weight excluding hydrogens is 925 g/mol. The third-order valence-electron chi connectivity index (χ3n) is 14.8.